The molecule has 1 aromatic carbocycles. The Hall–Kier alpha value is -1.46. The van der Waals surface area contributed by atoms with Crippen LogP contribution in [-0.2, 0) is 0 Å². The standard InChI is InChI=1S/C13H11BrClN3O/c1-8(9-2-4-10(14)5-3-9)17-13(19)11-6-16-7-12(15)18-11/h2-8H,1H3,(H,17,19). The average Bonchev–Trinajstić information content (AvgIpc) is 2.39. The van der Waals surface area contributed by atoms with Crippen molar-refractivity contribution in [3.05, 3.63) is 57.5 Å². The normalized spacial score (nSPS) is 11.9. The van der Waals surface area contributed by atoms with E-state index in [2.05, 4.69) is 31.2 Å². The fraction of sp³-hybridized carbons (Fsp3) is 0.154. The van der Waals surface area contributed by atoms with Crippen molar-refractivity contribution >= 4 is 33.4 Å². The van der Waals surface area contributed by atoms with Crippen molar-refractivity contribution in [2.75, 3.05) is 0 Å². The summed E-state index contributed by atoms with van der Waals surface area (Å²) >= 11 is 9.07. The Labute approximate surface area is 124 Å². The molecule has 1 aromatic heterocycles. The first-order chi connectivity index (χ1) is 9.06. The number of hydrogen-bond donors (Lipinski definition) is 1. The van der Waals surface area contributed by atoms with Gasteiger partial charge in [0.25, 0.3) is 5.91 Å². The van der Waals surface area contributed by atoms with Crippen LogP contribution in [0.1, 0.15) is 29.0 Å². The van der Waals surface area contributed by atoms with Gasteiger partial charge in [0.1, 0.15) is 10.8 Å². The highest BCUT2D eigenvalue weighted by Gasteiger charge is 2.13. The van der Waals surface area contributed by atoms with E-state index >= 15 is 0 Å². The molecule has 6 heteroatoms. The van der Waals surface area contributed by atoms with Crippen molar-refractivity contribution in [1.82, 2.24) is 15.3 Å². The van der Waals surface area contributed by atoms with Crippen molar-refractivity contribution in [2.24, 2.45) is 0 Å². The second-order valence-electron chi connectivity index (χ2n) is 3.97. The van der Waals surface area contributed by atoms with Crippen LogP contribution >= 0.6 is 27.5 Å². The van der Waals surface area contributed by atoms with Crippen molar-refractivity contribution in [3.63, 3.8) is 0 Å². The van der Waals surface area contributed by atoms with Gasteiger partial charge in [-0.25, -0.2) is 4.98 Å². The zero-order valence-electron chi connectivity index (χ0n) is 10.1. The number of benzene rings is 1. The molecule has 0 aliphatic heterocycles. The molecule has 0 bridgehead atoms. The quantitative estimate of drug-likeness (QED) is 0.932. The van der Waals surface area contributed by atoms with E-state index in [9.17, 15) is 4.79 Å². The fourth-order valence-electron chi connectivity index (χ4n) is 1.56. The Morgan fingerprint density at radius 1 is 1.32 bits per heavy atom. The summed E-state index contributed by atoms with van der Waals surface area (Å²) in [5.41, 5.74) is 1.21. The highest BCUT2D eigenvalue weighted by molar-refractivity contribution is 9.10. The van der Waals surface area contributed by atoms with E-state index in [1.807, 2.05) is 31.2 Å². The summed E-state index contributed by atoms with van der Waals surface area (Å²) < 4.78 is 0.996. The lowest BCUT2D eigenvalue weighted by Crippen LogP contribution is -2.27. The molecule has 1 atom stereocenters. The monoisotopic (exact) mass is 339 g/mol. The molecule has 1 N–H and O–H groups in total. The number of aromatic nitrogens is 2. The summed E-state index contributed by atoms with van der Waals surface area (Å²) in [7, 11) is 0. The number of halogens is 2. The van der Waals surface area contributed by atoms with Crippen molar-refractivity contribution < 1.29 is 4.79 Å². The maximum atomic E-state index is 12.0. The second kappa shape index (κ2) is 6.12. The summed E-state index contributed by atoms with van der Waals surface area (Å²) in [6.07, 6.45) is 2.77. The molecule has 19 heavy (non-hydrogen) atoms. The Kier molecular flexibility index (Phi) is 4.50. The maximum absolute atomic E-state index is 12.0. The first kappa shape index (κ1) is 14.0. The number of carbonyl (C=O) groups is 1. The Morgan fingerprint density at radius 3 is 2.63 bits per heavy atom. The van der Waals surface area contributed by atoms with Gasteiger partial charge >= 0.3 is 0 Å². The van der Waals surface area contributed by atoms with Crippen LogP contribution in [-0.4, -0.2) is 15.9 Å². The summed E-state index contributed by atoms with van der Waals surface area (Å²) in [5.74, 6) is -0.301. The van der Waals surface area contributed by atoms with Gasteiger partial charge in [0.05, 0.1) is 18.4 Å². The zero-order valence-corrected chi connectivity index (χ0v) is 12.4. The van der Waals surface area contributed by atoms with E-state index in [-0.39, 0.29) is 22.8 Å². The molecular formula is C13H11BrClN3O. The topological polar surface area (TPSA) is 54.9 Å². The first-order valence-corrected chi connectivity index (χ1v) is 6.77. The van der Waals surface area contributed by atoms with E-state index in [4.69, 9.17) is 11.6 Å². The van der Waals surface area contributed by atoms with Crippen molar-refractivity contribution in [1.29, 1.82) is 0 Å². The summed E-state index contributed by atoms with van der Waals surface area (Å²) in [6.45, 7) is 1.90. The molecule has 0 fully saturated rings. The minimum Gasteiger partial charge on any atom is -0.344 e. The van der Waals surface area contributed by atoms with E-state index in [0.29, 0.717) is 0 Å². The predicted molar refractivity (Wildman–Crippen MR) is 77.1 cm³/mol. The molecule has 4 nitrogen and oxygen atoms in total. The van der Waals surface area contributed by atoms with Crippen molar-refractivity contribution in [2.45, 2.75) is 13.0 Å². The summed E-state index contributed by atoms with van der Waals surface area (Å²) in [6, 6.07) is 7.62. The highest BCUT2D eigenvalue weighted by Crippen LogP contribution is 2.16. The predicted octanol–water partition coefficient (Wildman–Crippen LogP) is 3.38. The largest absolute Gasteiger partial charge is 0.344 e. The van der Waals surface area contributed by atoms with E-state index < -0.39 is 0 Å². The molecule has 2 aromatic rings. The molecule has 98 valence electrons. The summed E-state index contributed by atoms with van der Waals surface area (Å²) in [5, 5.41) is 3.04. The lowest BCUT2D eigenvalue weighted by atomic mass is 10.1. The molecule has 0 radical (unpaired) electrons. The second-order valence-corrected chi connectivity index (χ2v) is 5.28. The van der Waals surface area contributed by atoms with Crippen molar-refractivity contribution in [3.8, 4) is 0 Å². The van der Waals surface area contributed by atoms with Gasteiger partial charge < -0.3 is 5.32 Å². The van der Waals surface area contributed by atoms with Gasteiger partial charge in [-0.15, -0.1) is 0 Å². The number of carbonyl (C=O) groups excluding carboxylic acids is 1. The van der Waals surface area contributed by atoms with Gasteiger partial charge in [-0.3, -0.25) is 9.78 Å². The molecule has 0 aliphatic rings. The first-order valence-electron chi connectivity index (χ1n) is 5.60. The van der Waals surface area contributed by atoms with Crippen LogP contribution in [0.4, 0.5) is 0 Å². The highest BCUT2D eigenvalue weighted by atomic mass is 79.9. The Balaban J connectivity index is 2.08. The Morgan fingerprint density at radius 2 is 2.00 bits per heavy atom. The van der Waals surface area contributed by atoms with E-state index in [1.165, 1.54) is 12.4 Å². The third-order valence-electron chi connectivity index (χ3n) is 2.56. The summed E-state index contributed by atoms with van der Waals surface area (Å²) in [4.78, 5) is 19.7. The fourth-order valence-corrected chi connectivity index (χ4v) is 1.97. The lowest BCUT2D eigenvalue weighted by molar-refractivity contribution is 0.0934. The van der Waals surface area contributed by atoms with E-state index in [0.717, 1.165) is 10.0 Å². The van der Waals surface area contributed by atoms with Gasteiger partial charge in [-0.2, -0.15) is 0 Å². The van der Waals surface area contributed by atoms with Gasteiger partial charge in [0, 0.05) is 4.47 Å². The van der Waals surface area contributed by atoms with Crippen LogP contribution in [0.25, 0.3) is 0 Å². The number of amides is 1. The lowest BCUT2D eigenvalue weighted by Gasteiger charge is -2.14. The smallest absolute Gasteiger partial charge is 0.272 e. The number of nitrogens with one attached hydrogen (secondary N) is 1. The van der Waals surface area contributed by atoms with Crippen LogP contribution in [0.3, 0.4) is 0 Å². The third-order valence-corrected chi connectivity index (χ3v) is 3.27. The minimum absolute atomic E-state index is 0.124. The van der Waals surface area contributed by atoms with Crippen LogP contribution in [0.2, 0.25) is 5.15 Å². The number of hydrogen-bond acceptors (Lipinski definition) is 3. The third kappa shape index (κ3) is 3.75. The molecule has 0 saturated heterocycles. The number of nitrogens with zero attached hydrogens (tertiary/aromatic N) is 2. The molecule has 1 unspecified atom stereocenters. The van der Waals surface area contributed by atoms with Crippen LogP contribution in [0.5, 0.6) is 0 Å². The molecule has 1 heterocycles. The Bertz CT molecular complexity index is 589. The minimum atomic E-state index is -0.301. The van der Waals surface area contributed by atoms with Crippen LogP contribution in [0, 0.1) is 0 Å². The van der Waals surface area contributed by atoms with Gasteiger partial charge in [-0.1, -0.05) is 39.7 Å². The molecule has 0 spiro atoms. The molecular weight excluding hydrogens is 330 g/mol. The number of rotatable bonds is 3. The molecule has 0 aliphatic carbocycles. The molecule has 0 saturated carbocycles. The van der Waals surface area contributed by atoms with Crippen LogP contribution in [0.15, 0.2) is 41.1 Å². The zero-order chi connectivity index (χ0) is 13.8. The van der Waals surface area contributed by atoms with E-state index in [1.54, 1.807) is 0 Å². The molecule has 2 rings (SSSR count). The average molecular weight is 341 g/mol. The SMILES string of the molecule is CC(NC(=O)c1cncc(Cl)n1)c1ccc(Br)cc1. The van der Waals surface area contributed by atoms with Gasteiger partial charge in [-0.05, 0) is 24.6 Å². The van der Waals surface area contributed by atoms with Gasteiger partial charge in [0.2, 0.25) is 0 Å². The van der Waals surface area contributed by atoms with Crippen LogP contribution < -0.4 is 5.32 Å². The maximum Gasteiger partial charge on any atom is 0.272 e. The molecule has 1 amide bonds. The van der Waals surface area contributed by atoms with Gasteiger partial charge in [0.15, 0.2) is 0 Å².